The first-order valence-electron chi connectivity index (χ1n) is 5.35. The fraction of sp³-hybridized carbons (Fsp3) is 0.583. The molecule has 0 bridgehead atoms. The van der Waals surface area contributed by atoms with Gasteiger partial charge in [-0.1, -0.05) is 19.9 Å². The van der Waals surface area contributed by atoms with Crippen molar-refractivity contribution >= 4 is 0 Å². The number of methoxy groups -OCH3 is 1. The summed E-state index contributed by atoms with van der Waals surface area (Å²) in [6.45, 7) is 7.48. The molecule has 1 heterocycles. The molecule has 1 unspecified atom stereocenters. The molecule has 1 aromatic heterocycles. The van der Waals surface area contributed by atoms with Crippen molar-refractivity contribution in [2.45, 2.75) is 33.4 Å². The number of pyridine rings is 1. The number of ether oxygens (including phenoxy) is 1. The van der Waals surface area contributed by atoms with Crippen LogP contribution >= 0.6 is 0 Å². The third-order valence-corrected chi connectivity index (χ3v) is 2.63. The predicted molar refractivity (Wildman–Crippen MR) is 61.9 cm³/mol. The molecule has 1 rings (SSSR count). The smallest absolute Gasteiger partial charge is 0.212 e. The second-order valence-corrected chi connectivity index (χ2v) is 4.12. The van der Waals surface area contributed by atoms with Crippen molar-refractivity contribution in [2.75, 3.05) is 7.11 Å². The summed E-state index contributed by atoms with van der Waals surface area (Å²) >= 11 is 0. The van der Waals surface area contributed by atoms with Crippen molar-refractivity contribution in [1.82, 2.24) is 10.3 Å². The van der Waals surface area contributed by atoms with Gasteiger partial charge in [-0.3, -0.25) is 0 Å². The maximum Gasteiger partial charge on any atom is 0.212 e. The maximum absolute atomic E-state index is 5.00. The van der Waals surface area contributed by atoms with E-state index >= 15 is 0 Å². The molecule has 1 atom stereocenters. The van der Waals surface area contributed by atoms with Gasteiger partial charge in [-0.25, -0.2) is 4.98 Å². The summed E-state index contributed by atoms with van der Waals surface area (Å²) < 4.78 is 5.00. The van der Waals surface area contributed by atoms with Gasteiger partial charge in [0, 0.05) is 24.8 Å². The minimum absolute atomic E-state index is 0.520. The SMILES string of the molecule is COc1ccc(CNC(C)C(C)C)cn1. The van der Waals surface area contributed by atoms with Gasteiger partial charge < -0.3 is 10.1 Å². The highest BCUT2D eigenvalue weighted by atomic mass is 16.5. The lowest BCUT2D eigenvalue weighted by molar-refractivity contribution is 0.396. The van der Waals surface area contributed by atoms with E-state index < -0.39 is 0 Å². The van der Waals surface area contributed by atoms with Crippen molar-refractivity contribution in [3.05, 3.63) is 23.9 Å². The van der Waals surface area contributed by atoms with Crippen molar-refractivity contribution in [3.8, 4) is 5.88 Å². The molecule has 3 nitrogen and oxygen atoms in total. The van der Waals surface area contributed by atoms with Crippen LogP contribution < -0.4 is 10.1 Å². The molecule has 0 radical (unpaired) electrons. The first-order chi connectivity index (χ1) is 7.13. The highest BCUT2D eigenvalue weighted by Gasteiger charge is 2.05. The van der Waals surface area contributed by atoms with Crippen LogP contribution in [-0.4, -0.2) is 18.1 Å². The van der Waals surface area contributed by atoms with Crippen molar-refractivity contribution in [2.24, 2.45) is 5.92 Å². The Kier molecular flexibility index (Phi) is 4.56. The number of aromatic nitrogens is 1. The molecule has 15 heavy (non-hydrogen) atoms. The summed E-state index contributed by atoms with van der Waals surface area (Å²) in [6, 6.07) is 4.44. The Bertz CT molecular complexity index is 282. The van der Waals surface area contributed by atoms with E-state index in [9.17, 15) is 0 Å². The van der Waals surface area contributed by atoms with E-state index in [1.165, 1.54) is 5.56 Å². The summed E-state index contributed by atoms with van der Waals surface area (Å²) in [5.41, 5.74) is 1.18. The Labute approximate surface area is 91.9 Å². The molecule has 0 fully saturated rings. The van der Waals surface area contributed by atoms with Crippen molar-refractivity contribution in [1.29, 1.82) is 0 Å². The second-order valence-electron chi connectivity index (χ2n) is 4.12. The molecule has 0 saturated carbocycles. The number of hydrogen-bond acceptors (Lipinski definition) is 3. The van der Waals surface area contributed by atoms with Gasteiger partial charge in [0.25, 0.3) is 0 Å². The van der Waals surface area contributed by atoms with Crippen LogP contribution in [0.5, 0.6) is 5.88 Å². The quantitative estimate of drug-likeness (QED) is 0.805. The Morgan fingerprint density at radius 1 is 1.33 bits per heavy atom. The standard InChI is InChI=1S/C12H20N2O/c1-9(2)10(3)13-7-11-5-6-12(15-4)14-8-11/h5-6,8-10,13H,7H2,1-4H3. The van der Waals surface area contributed by atoms with Gasteiger partial charge in [0.1, 0.15) is 0 Å². The molecule has 0 aliphatic heterocycles. The van der Waals surface area contributed by atoms with Crippen LogP contribution in [0, 0.1) is 5.92 Å². The van der Waals surface area contributed by atoms with E-state index in [0.717, 1.165) is 6.54 Å². The van der Waals surface area contributed by atoms with Gasteiger partial charge in [-0.2, -0.15) is 0 Å². The van der Waals surface area contributed by atoms with E-state index in [1.807, 2.05) is 18.3 Å². The molecule has 1 aromatic rings. The normalized spacial score (nSPS) is 12.9. The molecule has 1 N–H and O–H groups in total. The minimum Gasteiger partial charge on any atom is -0.481 e. The first-order valence-corrected chi connectivity index (χ1v) is 5.35. The molecule has 0 aromatic carbocycles. The molecular formula is C12H20N2O. The van der Waals surface area contributed by atoms with Gasteiger partial charge in [0.2, 0.25) is 5.88 Å². The Balaban J connectivity index is 2.44. The number of nitrogens with zero attached hydrogens (tertiary/aromatic N) is 1. The second kappa shape index (κ2) is 5.71. The lowest BCUT2D eigenvalue weighted by atomic mass is 10.1. The Hall–Kier alpha value is -1.09. The van der Waals surface area contributed by atoms with Crippen LogP contribution in [-0.2, 0) is 6.54 Å². The van der Waals surface area contributed by atoms with Gasteiger partial charge >= 0.3 is 0 Å². The molecule has 84 valence electrons. The Morgan fingerprint density at radius 3 is 2.53 bits per heavy atom. The van der Waals surface area contributed by atoms with Gasteiger partial charge in [0.15, 0.2) is 0 Å². The fourth-order valence-electron chi connectivity index (χ4n) is 1.15. The van der Waals surface area contributed by atoms with E-state index in [1.54, 1.807) is 7.11 Å². The average Bonchev–Trinajstić information content (AvgIpc) is 2.26. The van der Waals surface area contributed by atoms with E-state index in [4.69, 9.17) is 4.74 Å². The van der Waals surface area contributed by atoms with Crippen LogP contribution in [0.25, 0.3) is 0 Å². The number of hydrogen-bond donors (Lipinski definition) is 1. The van der Waals surface area contributed by atoms with Gasteiger partial charge in [-0.15, -0.1) is 0 Å². The number of rotatable bonds is 5. The zero-order valence-corrected chi connectivity index (χ0v) is 9.95. The highest BCUT2D eigenvalue weighted by Crippen LogP contribution is 2.07. The van der Waals surface area contributed by atoms with Crippen LogP contribution in [0.1, 0.15) is 26.3 Å². The zero-order chi connectivity index (χ0) is 11.3. The topological polar surface area (TPSA) is 34.1 Å². The largest absolute Gasteiger partial charge is 0.481 e. The van der Waals surface area contributed by atoms with Crippen LogP contribution in [0.2, 0.25) is 0 Å². The van der Waals surface area contributed by atoms with E-state index in [-0.39, 0.29) is 0 Å². The molecular weight excluding hydrogens is 188 g/mol. The fourth-order valence-corrected chi connectivity index (χ4v) is 1.15. The molecule has 0 aliphatic carbocycles. The highest BCUT2D eigenvalue weighted by molar-refractivity contribution is 5.17. The third-order valence-electron chi connectivity index (χ3n) is 2.63. The summed E-state index contributed by atoms with van der Waals surface area (Å²) in [5, 5.41) is 3.45. The van der Waals surface area contributed by atoms with Gasteiger partial charge in [0.05, 0.1) is 7.11 Å². The maximum atomic E-state index is 5.00. The van der Waals surface area contributed by atoms with E-state index in [2.05, 4.69) is 31.1 Å². The average molecular weight is 208 g/mol. The van der Waals surface area contributed by atoms with Crippen LogP contribution in [0.15, 0.2) is 18.3 Å². The van der Waals surface area contributed by atoms with Gasteiger partial charge in [-0.05, 0) is 18.4 Å². The summed E-state index contributed by atoms with van der Waals surface area (Å²) in [5.74, 6) is 1.31. The monoisotopic (exact) mass is 208 g/mol. The molecule has 3 heteroatoms. The lowest BCUT2D eigenvalue weighted by Gasteiger charge is -2.17. The first kappa shape index (κ1) is 12.0. The number of nitrogens with one attached hydrogen (secondary N) is 1. The summed E-state index contributed by atoms with van der Waals surface area (Å²) in [7, 11) is 1.63. The van der Waals surface area contributed by atoms with Crippen LogP contribution in [0.4, 0.5) is 0 Å². The molecule has 0 saturated heterocycles. The van der Waals surface area contributed by atoms with Crippen molar-refractivity contribution < 1.29 is 4.74 Å². The summed E-state index contributed by atoms with van der Waals surface area (Å²) in [4.78, 5) is 4.16. The minimum atomic E-state index is 0.520. The lowest BCUT2D eigenvalue weighted by Crippen LogP contribution is -2.30. The zero-order valence-electron chi connectivity index (χ0n) is 9.95. The predicted octanol–water partition coefficient (Wildman–Crippen LogP) is 2.22. The summed E-state index contributed by atoms with van der Waals surface area (Å²) in [6.07, 6.45) is 1.85. The van der Waals surface area contributed by atoms with Crippen LogP contribution in [0.3, 0.4) is 0 Å². The molecule has 0 aliphatic rings. The third kappa shape index (κ3) is 3.88. The van der Waals surface area contributed by atoms with Crippen molar-refractivity contribution in [3.63, 3.8) is 0 Å². The van der Waals surface area contributed by atoms with E-state index in [0.29, 0.717) is 17.8 Å². The Morgan fingerprint density at radius 2 is 2.07 bits per heavy atom. The molecule has 0 spiro atoms. The molecule has 0 amide bonds.